The van der Waals surface area contributed by atoms with Gasteiger partial charge >= 0.3 is 0 Å². The Labute approximate surface area is 115 Å². The third-order valence-electron chi connectivity index (χ3n) is 3.66. The number of ketones is 1. The topological polar surface area (TPSA) is 32.8 Å². The van der Waals surface area contributed by atoms with Crippen LogP contribution in [-0.4, -0.2) is 62.5 Å². The number of likely N-dealkylation sites (N-methyl/N-ethyl adjacent to an activating group) is 1. The normalized spacial score (nSPS) is 17.4. The van der Waals surface area contributed by atoms with Gasteiger partial charge in [-0.15, -0.1) is 0 Å². The molecule has 2 rings (SSSR count). The maximum absolute atomic E-state index is 12.1. The van der Waals surface area contributed by atoms with E-state index in [0.717, 1.165) is 44.0 Å². The molecule has 0 N–H and O–H groups in total. The second kappa shape index (κ2) is 6.68. The van der Waals surface area contributed by atoms with Crippen LogP contribution in [0.5, 0.6) is 5.75 Å². The van der Waals surface area contributed by atoms with Crippen LogP contribution in [0.3, 0.4) is 0 Å². The lowest BCUT2D eigenvalue weighted by Gasteiger charge is -2.32. The molecule has 0 amide bonds. The first-order chi connectivity index (χ1) is 9.19. The van der Waals surface area contributed by atoms with Gasteiger partial charge in [0.15, 0.2) is 5.78 Å². The molecule has 1 saturated heterocycles. The summed E-state index contributed by atoms with van der Waals surface area (Å²) in [4.78, 5) is 16.8. The number of ether oxygens (including phenoxy) is 1. The smallest absolute Gasteiger partial charge is 0.164 e. The molecule has 0 aromatic heterocycles. The predicted molar refractivity (Wildman–Crippen MR) is 75.9 cm³/mol. The fourth-order valence-electron chi connectivity index (χ4n) is 2.25. The van der Waals surface area contributed by atoms with Crippen molar-refractivity contribution in [3.8, 4) is 5.75 Å². The lowest BCUT2D eigenvalue weighted by atomic mass is 10.1. The highest BCUT2D eigenvalue weighted by atomic mass is 16.5. The number of methoxy groups -OCH3 is 1. The monoisotopic (exact) mass is 262 g/mol. The Bertz CT molecular complexity index is 409. The van der Waals surface area contributed by atoms with E-state index in [2.05, 4.69) is 16.8 Å². The van der Waals surface area contributed by atoms with Gasteiger partial charge in [0.1, 0.15) is 5.75 Å². The molecule has 1 aliphatic rings. The average molecular weight is 262 g/mol. The second-order valence-corrected chi connectivity index (χ2v) is 5.05. The fourth-order valence-corrected chi connectivity index (χ4v) is 2.25. The molecule has 0 spiro atoms. The third-order valence-corrected chi connectivity index (χ3v) is 3.66. The molecule has 4 heteroatoms. The Morgan fingerprint density at radius 2 is 1.79 bits per heavy atom. The van der Waals surface area contributed by atoms with Crippen molar-refractivity contribution >= 4 is 5.78 Å². The van der Waals surface area contributed by atoms with Crippen LogP contribution >= 0.6 is 0 Å². The summed E-state index contributed by atoms with van der Waals surface area (Å²) in [6, 6.07) is 7.35. The number of hydrogen-bond donors (Lipinski definition) is 0. The Morgan fingerprint density at radius 1 is 1.16 bits per heavy atom. The molecule has 0 radical (unpaired) electrons. The van der Waals surface area contributed by atoms with Gasteiger partial charge in [-0.3, -0.25) is 4.79 Å². The Morgan fingerprint density at radius 3 is 2.37 bits per heavy atom. The van der Waals surface area contributed by atoms with Crippen LogP contribution in [0, 0.1) is 0 Å². The van der Waals surface area contributed by atoms with Crippen molar-refractivity contribution in [1.82, 2.24) is 9.80 Å². The minimum atomic E-state index is 0.210. The summed E-state index contributed by atoms with van der Waals surface area (Å²) in [5, 5.41) is 0. The first-order valence-electron chi connectivity index (χ1n) is 6.77. The number of rotatable bonds is 5. The van der Waals surface area contributed by atoms with Gasteiger partial charge in [-0.2, -0.15) is 0 Å². The van der Waals surface area contributed by atoms with Crippen molar-refractivity contribution in [2.45, 2.75) is 6.42 Å². The van der Waals surface area contributed by atoms with Crippen LogP contribution in [0.25, 0.3) is 0 Å². The molecule has 104 valence electrons. The summed E-state index contributed by atoms with van der Waals surface area (Å²) in [7, 11) is 3.77. The van der Waals surface area contributed by atoms with E-state index in [9.17, 15) is 4.79 Å². The van der Waals surface area contributed by atoms with Crippen LogP contribution in [0.15, 0.2) is 24.3 Å². The maximum atomic E-state index is 12.1. The van der Waals surface area contributed by atoms with Crippen molar-refractivity contribution in [1.29, 1.82) is 0 Å². The minimum absolute atomic E-state index is 0.210. The zero-order valence-electron chi connectivity index (χ0n) is 11.8. The highest BCUT2D eigenvalue weighted by Crippen LogP contribution is 2.13. The molecule has 0 bridgehead atoms. The van der Waals surface area contributed by atoms with Crippen molar-refractivity contribution in [2.24, 2.45) is 0 Å². The summed E-state index contributed by atoms with van der Waals surface area (Å²) in [5.41, 5.74) is 0.773. The second-order valence-electron chi connectivity index (χ2n) is 5.05. The van der Waals surface area contributed by atoms with Gasteiger partial charge in [0.2, 0.25) is 0 Å². The Hall–Kier alpha value is -1.39. The summed E-state index contributed by atoms with van der Waals surface area (Å²) in [6.45, 7) is 5.17. The first-order valence-corrected chi connectivity index (χ1v) is 6.77. The van der Waals surface area contributed by atoms with Crippen molar-refractivity contribution in [2.75, 3.05) is 46.9 Å². The molecule has 0 atom stereocenters. The molecular formula is C15H22N2O2. The number of hydrogen-bond acceptors (Lipinski definition) is 4. The third kappa shape index (κ3) is 4.04. The van der Waals surface area contributed by atoms with E-state index in [-0.39, 0.29) is 5.78 Å². The molecular weight excluding hydrogens is 240 g/mol. The minimum Gasteiger partial charge on any atom is -0.497 e. The van der Waals surface area contributed by atoms with E-state index in [1.54, 1.807) is 7.11 Å². The van der Waals surface area contributed by atoms with Crippen molar-refractivity contribution in [3.05, 3.63) is 29.8 Å². The van der Waals surface area contributed by atoms with Gasteiger partial charge in [-0.25, -0.2) is 0 Å². The molecule has 1 heterocycles. The van der Waals surface area contributed by atoms with Gasteiger partial charge < -0.3 is 14.5 Å². The number of nitrogens with zero attached hydrogens (tertiary/aromatic N) is 2. The van der Waals surface area contributed by atoms with E-state index >= 15 is 0 Å². The van der Waals surface area contributed by atoms with Gasteiger partial charge in [-0.1, -0.05) is 0 Å². The maximum Gasteiger partial charge on any atom is 0.164 e. The molecule has 0 saturated carbocycles. The van der Waals surface area contributed by atoms with Crippen molar-refractivity contribution < 1.29 is 9.53 Å². The van der Waals surface area contributed by atoms with Crippen LogP contribution in [0.4, 0.5) is 0 Å². The average Bonchev–Trinajstić information content (AvgIpc) is 2.46. The molecule has 4 nitrogen and oxygen atoms in total. The molecule has 1 aliphatic heterocycles. The Balaban J connectivity index is 1.80. The van der Waals surface area contributed by atoms with Crippen LogP contribution in [0.1, 0.15) is 16.8 Å². The van der Waals surface area contributed by atoms with Crippen molar-refractivity contribution in [3.63, 3.8) is 0 Å². The molecule has 1 aromatic rings. The number of piperazine rings is 1. The van der Waals surface area contributed by atoms with Crippen LogP contribution < -0.4 is 4.74 Å². The standard InChI is InChI=1S/C15H22N2O2/c1-16-9-11-17(12-10-16)8-7-15(18)13-3-5-14(19-2)6-4-13/h3-6H,7-12H2,1-2H3. The highest BCUT2D eigenvalue weighted by molar-refractivity contribution is 5.96. The van der Waals surface area contributed by atoms with Crippen LogP contribution in [-0.2, 0) is 0 Å². The molecule has 0 unspecified atom stereocenters. The molecule has 0 aliphatic carbocycles. The largest absolute Gasteiger partial charge is 0.497 e. The van der Waals surface area contributed by atoms with E-state index in [0.29, 0.717) is 6.42 Å². The highest BCUT2D eigenvalue weighted by Gasteiger charge is 2.15. The van der Waals surface area contributed by atoms with Gasteiger partial charge in [0.25, 0.3) is 0 Å². The predicted octanol–water partition coefficient (Wildman–Crippen LogP) is 1.52. The van der Waals surface area contributed by atoms with E-state index in [4.69, 9.17) is 4.74 Å². The molecule has 19 heavy (non-hydrogen) atoms. The number of carbonyl (C=O) groups excluding carboxylic acids is 1. The van der Waals surface area contributed by atoms with Gasteiger partial charge in [-0.05, 0) is 31.3 Å². The molecule has 1 aromatic carbocycles. The quantitative estimate of drug-likeness (QED) is 0.753. The fraction of sp³-hybridized carbons (Fsp3) is 0.533. The summed E-state index contributed by atoms with van der Waals surface area (Å²) < 4.78 is 5.09. The van der Waals surface area contributed by atoms with Gasteiger partial charge in [0, 0.05) is 44.7 Å². The Kier molecular flexibility index (Phi) is 4.93. The van der Waals surface area contributed by atoms with E-state index < -0.39 is 0 Å². The zero-order valence-corrected chi connectivity index (χ0v) is 11.8. The summed E-state index contributed by atoms with van der Waals surface area (Å²) in [6.07, 6.45) is 0.593. The lowest BCUT2D eigenvalue weighted by Crippen LogP contribution is -2.45. The van der Waals surface area contributed by atoms with E-state index in [1.165, 1.54) is 0 Å². The van der Waals surface area contributed by atoms with E-state index in [1.807, 2.05) is 24.3 Å². The summed E-state index contributed by atoms with van der Waals surface area (Å²) >= 11 is 0. The number of benzene rings is 1. The first kappa shape index (κ1) is 14.0. The SMILES string of the molecule is COc1ccc(C(=O)CCN2CCN(C)CC2)cc1. The zero-order chi connectivity index (χ0) is 13.7. The van der Waals surface area contributed by atoms with Crippen LogP contribution in [0.2, 0.25) is 0 Å². The van der Waals surface area contributed by atoms with Gasteiger partial charge in [0.05, 0.1) is 7.11 Å². The summed E-state index contributed by atoms with van der Waals surface area (Å²) in [5.74, 6) is 0.997. The number of Topliss-reactive ketones (excluding diaryl/α,β-unsaturated/α-hetero) is 1. The number of carbonyl (C=O) groups is 1. The molecule has 1 fully saturated rings. The lowest BCUT2D eigenvalue weighted by molar-refractivity contribution is 0.0942.